The van der Waals surface area contributed by atoms with Crippen molar-refractivity contribution in [3.8, 4) is 16.9 Å². The van der Waals surface area contributed by atoms with Gasteiger partial charge in [0.1, 0.15) is 0 Å². The van der Waals surface area contributed by atoms with E-state index in [0.29, 0.717) is 36.1 Å². The molecule has 1 aromatic heterocycles. The van der Waals surface area contributed by atoms with Crippen LogP contribution in [0.3, 0.4) is 0 Å². The van der Waals surface area contributed by atoms with Gasteiger partial charge < -0.3 is 10.6 Å². The highest BCUT2D eigenvalue weighted by Gasteiger charge is 2.26. The van der Waals surface area contributed by atoms with Crippen molar-refractivity contribution >= 4 is 35.2 Å². The molecule has 0 unspecified atom stereocenters. The first-order valence-electron chi connectivity index (χ1n) is 10.1. The molecule has 160 valence electrons. The van der Waals surface area contributed by atoms with E-state index in [4.69, 9.17) is 17.3 Å². The second-order valence-corrected chi connectivity index (χ2v) is 8.77. The Hall–Kier alpha value is -2.77. The standard InChI is InChI=1S/C23H23ClN4O2S/c24-18-8-4-5-9-19(18)28-20(16-6-2-1-3-7-16)14-26-23(28)31-15-21(29)27-12-10-17(11-13-27)22(25)30/h1-9,14,17H,10-13,15H2,(H2,25,30). The van der Waals surface area contributed by atoms with Crippen molar-refractivity contribution in [2.24, 2.45) is 11.7 Å². The normalized spacial score (nSPS) is 14.5. The number of likely N-dealkylation sites (tertiary alicyclic amines) is 1. The summed E-state index contributed by atoms with van der Waals surface area (Å²) in [4.78, 5) is 30.5. The van der Waals surface area contributed by atoms with E-state index in [-0.39, 0.29) is 23.5 Å². The van der Waals surface area contributed by atoms with Crippen molar-refractivity contribution in [2.75, 3.05) is 18.8 Å². The average molecular weight is 455 g/mol. The molecule has 0 radical (unpaired) electrons. The molecule has 2 aromatic carbocycles. The zero-order chi connectivity index (χ0) is 21.8. The number of benzene rings is 2. The van der Waals surface area contributed by atoms with Gasteiger partial charge in [-0.25, -0.2) is 4.98 Å². The number of aromatic nitrogens is 2. The van der Waals surface area contributed by atoms with Gasteiger partial charge in [0.05, 0.1) is 28.4 Å². The van der Waals surface area contributed by atoms with Crippen molar-refractivity contribution in [1.29, 1.82) is 0 Å². The number of piperidine rings is 1. The first kappa shape index (κ1) is 21.5. The molecule has 8 heteroatoms. The Morgan fingerprint density at radius 2 is 1.74 bits per heavy atom. The molecule has 1 aliphatic rings. The molecule has 0 atom stereocenters. The lowest BCUT2D eigenvalue weighted by atomic mass is 9.96. The summed E-state index contributed by atoms with van der Waals surface area (Å²) in [7, 11) is 0. The Labute approximate surface area is 190 Å². The predicted molar refractivity (Wildman–Crippen MR) is 123 cm³/mol. The lowest BCUT2D eigenvalue weighted by Crippen LogP contribution is -2.42. The topological polar surface area (TPSA) is 81.2 Å². The summed E-state index contributed by atoms with van der Waals surface area (Å²) in [5.41, 5.74) is 8.13. The van der Waals surface area contributed by atoms with E-state index in [1.807, 2.05) is 65.4 Å². The number of halogens is 1. The van der Waals surface area contributed by atoms with E-state index < -0.39 is 0 Å². The summed E-state index contributed by atoms with van der Waals surface area (Å²) in [6, 6.07) is 17.6. The first-order chi connectivity index (χ1) is 15.0. The second kappa shape index (κ2) is 9.58. The van der Waals surface area contributed by atoms with Crippen LogP contribution in [-0.4, -0.2) is 45.1 Å². The smallest absolute Gasteiger partial charge is 0.233 e. The zero-order valence-corrected chi connectivity index (χ0v) is 18.5. The Morgan fingerprint density at radius 1 is 1.06 bits per heavy atom. The number of amides is 2. The number of carbonyl (C=O) groups is 2. The molecule has 0 aliphatic carbocycles. The monoisotopic (exact) mass is 454 g/mol. The Balaban J connectivity index is 1.55. The van der Waals surface area contributed by atoms with Gasteiger partial charge in [-0.2, -0.15) is 0 Å². The predicted octanol–water partition coefficient (Wildman–Crippen LogP) is 4.01. The summed E-state index contributed by atoms with van der Waals surface area (Å²) in [5.74, 6) is -0.124. The van der Waals surface area contributed by atoms with Crippen LogP contribution in [0.4, 0.5) is 0 Å². The number of primary amides is 1. The zero-order valence-electron chi connectivity index (χ0n) is 16.9. The summed E-state index contributed by atoms with van der Waals surface area (Å²) in [6.45, 7) is 1.11. The van der Waals surface area contributed by atoms with Crippen LogP contribution >= 0.6 is 23.4 Å². The van der Waals surface area contributed by atoms with E-state index in [2.05, 4.69) is 4.98 Å². The highest BCUT2D eigenvalue weighted by Crippen LogP contribution is 2.33. The van der Waals surface area contributed by atoms with Gasteiger partial charge in [0.15, 0.2) is 5.16 Å². The van der Waals surface area contributed by atoms with Crippen LogP contribution in [0.15, 0.2) is 66.0 Å². The Kier molecular flexibility index (Phi) is 6.63. The number of thioether (sulfide) groups is 1. The minimum Gasteiger partial charge on any atom is -0.369 e. The molecule has 1 aliphatic heterocycles. The molecule has 31 heavy (non-hydrogen) atoms. The van der Waals surface area contributed by atoms with Crippen molar-refractivity contribution in [1.82, 2.24) is 14.5 Å². The molecule has 6 nitrogen and oxygen atoms in total. The van der Waals surface area contributed by atoms with Crippen molar-refractivity contribution in [3.05, 3.63) is 65.8 Å². The van der Waals surface area contributed by atoms with Gasteiger partial charge in [0.2, 0.25) is 11.8 Å². The molecule has 2 heterocycles. The maximum atomic E-state index is 12.8. The number of imidazole rings is 1. The van der Waals surface area contributed by atoms with Crippen LogP contribution < -0.4 is 5.73 Å². The van der Waals surface area contributed by atoms with Crippen molar-refractivity contribution < 1.29 is 9.59 Å². The fraction of sp³-hybridized carbons (Fsp3) is 0.261. The van der Waals surface area contributed by atoms with Gasteiger partial charge >= 0.3 is 0 Å². The molecular formula is C23H23ClN4O2S. The molecule has 2 N–H and O–H groups in total. The summed E-state index contributed by atoms with van der Waals surface area (Å²) in [5, 5.41) is 1.31. The maximum absolute atomic E-state index is 12.8. The molecule has 1 fully saturated rings. The number of nitrogens with zero attached hydrogens (tertiary/aromatic N) is 3. The third kappa shape index (κ3) is 4.78. The maximum Gasteiger partial charge on any atom is 0.233 e. The third-order valence-electron chi connectivity index (χ3n) is 5.47. The first-order valence-corrected chi connectivity index (χ1v) is 11.5. The number of carbonyl (C=O) groups excluding carboxylic acids is 2. The van der Waals surface area contributed by atoms with Crippen molar-refractivity contribution in [2.45, 2.75) is 18.0 Å². The van der Waals surface area contributed by atoms with E-state index in [1.54, 1.807) is 4.90 Å². The molecule has 0 spiro atoms. The Bertz CT molecular complexity index is 1080. The van der Waals surface area contributed by atoms with Gasteiger partial charge in [0, 0.05) is 24.6 Å². The van der Waals surface area contributed by atoms with Crippen molar-refractivity contribution in [3.63, 3.8) is 0 Å². The molecule has 3 aromatic rings. The minimum absolute atomic E-state index is 0.0305. The average Bonchev–Trinajstić information content (AvgIpc) is 3.22. The quantitative estimate of drug-likeness (QED) is 0.570. The summed E-state index contributed by atoms with van der Waals surface area (Å²) < 4.78 is 1.99. The van der Waals surface area contributed by atoms with Gasteiger partial charge in [-0.3, -0.25) is 14.2 Å². The molecule has 0 bridgehead atoms. The van der Waals surface area contributed by atoms with Crippen LogP contribution in [0.5, 0.6) is 0 Å². The number of hydrogen-bond donors (Lipinski definition) is 1. The van der Waals surface area contributed by atoms with Crippen LogP contribution in [-0.2, 0) is 9.59 Å². The fourth-order valence-electron chi connectivity index (χ4n) is 3.75. The third-order valence-corrected chi connectivity index (χ3v) is 6.72. The Morgan fingerprint density at radius 3 is 2.42 bits per heavy atom. The van der Waals surface area contributed by atoms with Crippen LogP contribution in [0.2, 0.25) is 5.02 Å². The molecular weight excluding hydrogens is 432 g/mol. The fourth-order valence-corrected chi connectivity index (χ4v) is 4.85. The van der Waals surface area contributed by atoms with E-state index in [0.717, 1.165) is 16.9 Å². The summed E-state index contributed by atoms with van der Waals surface area (Å²) >= 11 is 7.89. The molecule has 1 saturated heterocycles. The SMILES string of the molecule is NC(=O)C1CCN(C(=O)CSc2ncc(-c3ccccc3)n2-c2ccccc2Cl)CC1. The van der Waals surface area contributed by atoms with E-state index >= 15 is 0 Å². The molecule has 0 saturated carbocycles. The number of rotatable bonds is 6. The number of hydrogen-bond acceptors (Lipinski definition) is 4. The molecule has 2 amide bonds. The largest absolute Gasteiger partial charge is 0.369 e. The second-order valence-electron chi connectivity index (χ2n) is 7.42. The van der Waals surface area contributed by atoms with E-state index in [9.17, 15) is 9.59 Å². The summed E-state index contributed by atoms with van der Waals surface area (Å²) in [6.07, 6.45) is 3.06. The van der Waals surface area contributed by atoms with Crippen LogP contribution in [0, 0.1) is 5.92 Å². The number of nitrogens with two attached hydrogens (primary N) is 1. The van der Waals surface area contributed by atoms with Gasteiger partial charge in [-0.05, 0) is 25.0 Å². The lowest BCUT2D eigenvalue weighted by Gasteiger charge is -2.30. The van der Waals surface area contributed by atoms with Gasteiger partial charge in [0.25, 0.3) is 0 Å². The number of para-hydroxylation sites is 1. The van der Waals surface area contributed by atoms with Gasteiger partial charge in [-0.1, -0.05) is 65.8 Å². The molecule has 4 rings (SSSR count). The van der Waals surface area contributed by atoms with Crippen LogP contribution in [0.1, 0.15) is 12.8 Å². The van der Waals surface area contributed by atoms with Crippen LogP contribution in [0.25, 0.3) is 16.9 Å². The highest BCUT2D eigenvalue weighted by atomic mass is 35.5. The highest BCUT2D eigenvalue weighted by molar-refractivity contribution is 7.99. The van der Waals surface area contributed by atoms with E-state index in [1.165, 1.54) is 11.8 Å². The van der Waals surface area contributed by atoms with Gasteiger partial charge in [-0.15, -0.1) is 0 Å². The minimum atomic E-state index is -0.281. The lowest BCUT2D eigenvalue weighted by molar-refractivity contribution is -0.132.